The van der Waals surface area contributed by atoms with Crippen LogP contribution in [0.3, 0.4) is 0 Å². The first-order valence-corrected chi connectivity index (χ1v) is 7.24. The quantitative estimate of drug-likeness (QED) is 0.837. The second kappa shape index (κ2) is 6.64. The molecule has 110 valence electrons. The van der Waals surface area contributed by atoms with Gasteiger partial charge in [-0.1, -0.05) is 29.8 Å². The molecule has 3 nitrogen and oxygen atoms in total. The Morgan fingerprint density at radius 3 is 2.33 bits per heavy atom. The molecule has 0 radical (unpaired) electrons. The summed E-state index contributed by atoms with van der Waals surface area (Å²) in [6.07, 6.45) is 0. The molecule has 0 aliphatic rings. The van der Waals surface area contributed by atoms with E-state index in [0.717, 1.165) is 5.56 Å². The molecule has 1 unspecified atom stereocenters. The van der Waals surface area contributed by atoms with Gasteiger partial charge in [0.15, 0.2) is 0 Å². The smallest absolute Gasteiger partial charge is 0.319 e. The SMILES string of the molecule is Cc1ccc(C(C)NC(=O)Nc2ccc(Cl)cc2)cc1C. The zero-order valence-electron chi connectivity index (χ0n) is 12.4. The highest BCUT2D eigenvalue weighted by molar-refractivity contribution is 6.30. The number of amides is 2. The van der Waals surface area contributed by atoms with Gasteiger partial charge in [-0.15, -0.1) is 0 Å². The minimum Gasteiger partial charge on any atom is -0.331 e. The summed E-state index contributed by atoms with van der Waals surface area (Å²) in [6, 6.07) is 12.9. The van der Waals surface area contributed by atoms with Gasteiger partial charge in [-0.25, -0.2) is 4.79 Å². The molecule has 2 aromatic carbocycles. The molecule has 2 amide bonds. The fourth-order valence-corrected chi connectivity index (χ4v) is 2.14. The molecule has 21 heavy (non-hydrogen) atoms. The molecule has 2 rings (SSSR count). The van der Waals surface area contributed by atoms with E-state index in [0.29, 0.717) is 10.7 Å². The van der Waals surface area contributed by atoms with E-state index in [-0.39, 0.29) is 12.1 Å². The van der Waals surface area contributed by atoms with E-state index in [2.05, 4.69) is 36.6 Å². The Labute approximate surface area is 130 Å². The molecule has 0 saturated heterocycles. The van der Waals surface area contributed by atoms with Crippen molar-refractivity contribution in [1.29, 1.82) is 0 Å². The molecule has 2 N–H and O–H groups in total. The average Bonchev–Trinajstić information content (AvgIpc) is 2.44. The van der Waals surface area contributed by atoms with Crippen LogP contribution in [0.25, 0.3) is 0 Å². The van der Waals surface area contributed by atoms with Gasteiger partial charge in [0, 0.05) is 10.7 Å². The zero-order valence-corrected chi connectivity index (χ0v) is 13.2. The van der Waals surface area contributed by atoms with Crippen molar-refractivity contribution in [3.05, 3.63) is 64.2 Å². The molecule has 0 saturated carbocycles. The van der Waals surface area contributed by atoms with Crippen molar-refractivity contribution in [2.75, 3.05) is 5.32 Å². The Kier molecular flexibility index (Phi) is 4.86. The minimum absolute atomic E-state index is 0.0587. The number of anilines is 1. The number of benzene rings is 2. The largest absolute Gasteiger partial charge is 0.331 e. The van der Waals surface area contributed by atoms with Crippen LogP contribution >= 0.6 is 11.6 Å². The maximum absolute atomic E-state index is 12.0. The van der Waals surface area contributed by atoms with Crippen molar-refractivity contribution in [2.45, 2.75) is 26.8 Å². The molecule has 0 heterocycles. The number of halogens is 1. The van der Waals surface area contributed by atoms with Crippen LogP contribution < -0.4 is 10.6 Å². The molecule has 0 bridgehead atoms. The predicted octanol–water partition coefficient (Wildman–Crippen LogP) is 4.84. The standard InChI is InChI=1S/C17H19ClN2O/c1-11-4-5-14(10-12(11)2)13(3)19-17(21)20-16-8-6-15(18)7-9-16/h4-10,13H,1-3H3,(H2,19,20,21). The van der Waals surface area contributed by atoms with E-state index in [4.69, 9.17) is 11.6 Å². The van der Waals surface area contributed by atoms with E-state index in [1.54, 1.807) is 24.3 Å². The summed E-state index contributed by atoms with van der Waals surface area (Å²) < 4.78 is 0. The highest BCUT2D eigenvalue weighted by Gasteiger charge is 2.10. The van der Waals surface area contributed by atoms with E-state index in [1.165, 1.54) is 11.1 Å². The van der Waals surface area contributed by atoms with Gasteiger partial charge in [0.2, 0.25) is 0 Å². The fraction of sp³-hybridized carbons (Fsp3) is 0.235. The van der Waals surface area contributed by atoms with Crippen molar-refractivity contribution in [3.63, 3.8) is 0 Å². The van der Waals surface area contributed by atoms with Crippen molar-refractivity contribution < 1.29 is 4.79 Å². The second-order valence-electron chi connectivity index (χ2n) is 5.17. The monoisotopic (exact) mass is 302 g/mol. The fourth-order valence-electron chi connectivity index (χ4n) is 2.01. The number of urea groups is 1. The minimum atomic E-state index is -0.233. The first-order chi connectivity index (χ1) is 9.95. The lowest BCUT2D eigenvalue weighted by Gasteiger charge is -2.16. The summed E-state index contributed by atoms with van der Waals surface area (Å²) in [5, 5.41) is 6.35. The van der Waals surface area contributed by atoms with E-state index < -0.39 is 0 Å². The summed E-state index contributed by atoms with van der Waals surface area (Å²) in [5.74, 6) is 0. The van der Waals surface area contributed by atoms with Crippen molar-refractivity contribution in [3.8, 4) is 0 Å². The summed E-state index contributed by atoms with van der Waals surface area (Å²) >= 11 is 5.81. The lowest BCUT2D eigenvalue weighted by atomic mass is 10.0. The van der Waals surface area contributed by atoms with E-state index in [9.17, 15) is 4.79 Å². The molecule has 0 aliphatic heterocycles. The number of hydrogen-bond donors (Lipinski definition) is 2. The predicted molar refractivity (Wildman–Crippen MR) is 87.9 cm³/mol. The van der Waals surface area contributed by atoms with Crippen molar-refractivity contribution >= 4 is 23.3 Å². The summed E-state index contributed by atoms with van der Waals surface area (Å²) in [4.78, 5) is 12.0. The number of carbonyl (C=O) groups is 1. The Hall–Kier alpha value is -2.00. The third-order valence-corrected chi connectivity index (χ3v) is 3.73. The molecule has 4 heteroatoms. The van der Waals surface area contributed by atoms with Crippen molar-refractivity contribution in [1.82, 2.24) is 5.32 Å². The Morgan fingerprint density at radius 2 is 1.71 bits per heavy atom. The van der Waals surface area contributed by atoms with Crippen LogP contribution in [0.5, 0.6) is 0 Å². The normalized spacial score (nSPS) is 11.8. The molecule has 0 aliphatic carbocycles. The molecule has 0 fully saturated rings. The first kappa shape index (κ1) is 15.4. The molecular formula is C17H19ClN2O. The van der Waals surface area contributed by atoms with Crippen LogP contribution in [0.1, 0.15) is 29.7 Å². The lowest BCUT2D eigenvalue weighted by Crippen LogP contribution is -2.31. The zero-order chi connectivity index (χ0) is 15.4. The third kappa shape index (κ3) is 4.23. The Balaban J connectivity index is 1.98. The van der Waals surface area contributed by atoms with Crippen LogP contribution in [-0.2, 0) is 0 Å². The van der Waals surface area contributed by atoms with Crippen LogP contribution in [0, 0.1) is 13.8 Å². The number of aryl methyl sites for hydroxylation is 2. The lowest BCUT2D eigenvalue weighted by molar-refractivity contribution is 0.249. The van der Waals surface area contributed by atoms with E-state index >= 15 is 0 Å². The summed E-state index contributed by atoms with van der Waals surface area (Å²) in [7, 11) is 0. The van der Waals surface area contributed by atoms with Crippen LogP contribution in [0.15, 0.2) is 42.5 Å². The van der Waals surface area contributed by atoms with Crippen LogP contribution in [0.2, 0.25) is 5.02 Å². The van der Waals surface area contributed by atoms with Gasteiger partial charge < -0.3 is 10.6 Å². The highest BCUT2D eigenvalue weighted by atomic mass is 35.5. The Morgan fingerprint density at radius 1 is 1.05 bits per heavy atom. The summed E-state index contributed by atoms with van der Waals surface area (Å²) in [5.41, 5.74) is 4.27. The second-order valence-corrected chi connectivity index (χ2v) is 5.61. The average molecular weight is 303 g/mol. The van der Waals surface area contributed by atoms with Gasteiger partial charge in [0.25, 0.3) is 0 Å². The van der Waals surface area contributed by atoms with Crippen molar-refractivity contribution in [2.24, 2.45) is 0 Å². The number of rotatable bonds is 3. The van der Waals surface area contributed by atoms with Gasteiger partial charge in [-0.05, 0) is 61.7 Å². The third-order valence-electron chi connectivity index (χ3n) is 3.48. The number of carbonyl (C=O) groups excluding carboxylic acids is 1. The molecule has 0 spiro atoms. The topological polar surface area (TPSA) is 41.1 Å². The molecular weight excluding hydrogens is 284 g/mol. The first-order valence-electron chi connectivity index (χ1n) is 6.86. The Bertz CT molecular complexity index is 638. The van der Waals surface area contributed by atoms with Gasteiger partial charge in [0.05, 0.1) is 6.04 Å². The molecule has 1 atom stereocenters. The highest BCUT2D eigenvalue weighted by Crippen LogP contribution is 2.17. The number of hydrogen-bond acceptors (Lipinski definition) is 1. The maximum Gasteiger partial charge on any atom is 0.319 e. The molecule has 0 aromatic heterocycles. The van der Waals surface area contributed by atoms with Gasteiger partial charge >= 0.3 is 6.03 Å². The van der Waals surface area contributed by atoms with Crippen LogP contribution in [0.4, 0.5) is 10.5 Å². The van der Waals surface area contributed by atoms with Gasteiger partial charge in [-0.2, -0.15) is 0 Å². The summed E-state index contributed by atoms with van der Waals surface area (Å²) in [6.45, 7) is 6.11. The van der Waals surface area contributed by atoms with Crippen LogP contribution in [-0.4, -0.2) is 6.03 Å². The van der Waals surface area contributed by atoms with Gasteiger partial charge in [0.1, 0.15) is 0 Å². The van der Waals surface area contributed by atoms with Gasteiger partial charge in [-0.3, -0.25) is 0 Å². The maximum atomic E-state index is 12.0. The van der Waals surface area contributed by atoms with E-state index in [1.807, 2.05) is 13.0 Å². The molecule has 2 aromatic rings. The number of nitrogens with one attached hydrogen (secondary N) is 2.